The summed E-state index contributed by atoms with van der Waals surface area (Å²) in [4.78, 5) is 47.7. The number of nitrogens with one attached hydrogen (secondary N) is 1. The number of rotatable bonds is 19. The van der Waals surface area contributed by atoms with Gasteiger partial charge in [0.2, 0.25) is 17.7 Å². The molecular weight excluding hydrogens is 584 g/mol. The molecular formula is C35H58N6O5. The molecule has 0 unspecified atom stereocenters. The quantitative estimate of drug-likeness (QED) is 0.119. The van der Waals surface area contributed by atoms with E-state index in [9.17, 15) is 14.4 Å². The van der Waals surface area contributed by atoms with E-state index in [0.29, 0.717) is 19.4 Å². The van der Waals surface area contributed by atoms with Crippen molar-refractivity contribution >= 4 is 17.7 Å². The van der Waals surface area contributed by atoms with E-state index in [1.54, 1.807) is 14.2 Å². The second kappa shape index (κ2) is 19.5. The number of hydrogen-bond donors (Lipinski definition) is 1. The van der Waals surface area contributed by atoms with Gasteiger partial charge in [-0.1, -0.05) is 83.4 Å². The Labute approximate surface area is 276 Å². The zero-order valence-electron chi connectivity index (χ0n) is 29.5. The van der Waals surface area contributed by atoms with Crippen molar-refractivity contribution in [2.24, 2.45) is 28.8 Å². The summed E-state index contributed by atoms with van der Waals surface area (Å²) in [6, 6.07) is 8.80. The van der Waals surface area contributed by atoms with Gasteiger partial charge in [-0.25, -0.2) is 0 Å². The summed E-state index contributed by atoms with van der Waals surface area (Å²) >= 11 is 0. The molecule has 1 aliphatic heterocycles. The lowest BCUT2D eigenvalue weighted by Gasteiger charge is -2.40. The first-order valence-electron chi connectivity index (χ1n) is 16.9. The largest absolute Gasteiger partial charge is 0.379 e. The Kier molecular flexibility index (Phi) is 16.6. The average Bonchev–Trinajstić information content (AvgIpc) is 3.53. The number of azide groups is 1. The van der Waals surface area contributed by atoms with Crippen LogP contribution in [-0.2, 0) is 30.3 Å². The van der Waals surface area contributed by atoms with Crippen molar-refractivity contribution in [1.82, 2.24) is 15.1 Å². The van der Waals surface area contributed by atoms with Crippen LogP contribution < -0.4 is 5.32 Å². The average molecular weight is 643 g/mol. The molecule has 1 aromatic rings. The minimum atomic E-state index is -0.565. The SMILES string of the molecule is CC[C@H](C(=O)N(C)[C@@H]([C@@H](C)CC)[C@@H](CC(=O)N1CCC[C@H]1[C@H](OC)[C@@H](C)C(=O)N[C@H](CN=[N+]=[N-])Cc1ccccc1)OC)C(C)C. The van der Waals surface area contributed by atoms with E-state index in [2.05, 4.69) is 43.0 Å². The van der Waals surface area contributed by atoms with Crippen LogP contribution in [0.1, 0.15) is 79.2 Å². The molecule has 3 amide bonds. The molecule has 0 aliphatic carbocycles. The number of amides is 3. The smallest absolute Gasteiger partial charge is 0.226 e. The first-order chi connectivity index (χ1) is 21.9. The molecule has 0 spiro atoms. The lowest BCUT2D eigenvalue weighted by molar-refractivity contribution is -0.148. The standard InChI is InChI=1S/C35H58N6O5/c1-10-24(5)32(40(7)35(44)28(11-2)23(3)4)30(45-8)21-31(42)41-19-15-18-29(41)33(46-9)25(6)34(43)38-27(22-37-39-36)20-26-16-13-12-14-17-26/h12-14,16-17,23-25,27-30,32-33H,10-11,15,18-22H2,1-9H3,(H,38,43)/t24-,25+,27-,28-,29-,30+,32-,33+/m0/s1. The van der Waals surface area contributed by atoms with Crippen molar-refractivity contribution in [3.05, 3.63) is 46.3 Å². The highest BCUT2D eigenvalue weighted by atomic mass is 16.5. The van der Waals surface area contributed by atoms with Gasteiger partial charge in [-0.3, -0.25) is 14.4 Å². The molecule has 1 saturated heterocycles. The van der Waals surface area contributed by atoms with Gasteiger partial charge in [-0.2, -0.15) is 0 Å². The molecule has 11 nitrogen and oxygen atoms in total. The van der Waals surface area contributed by atoms with Crippen LogP contribution in [0.25, 0.3) is 10.4 Å². The highest BCUT2D eigenvalue weighted by Gasteiger charge is 2.42. The third kappa shape index (κ3) is 10.4. The Morgan fingerprint density at radius 1 is 1.09 bits per heavy atom. The maximum Gasteiger partial charge on any atom is 0.226 e. The monoisotopic (exact) mass is 642 g/mol. The van der Waals surface area contributed by atoms with Gasteiger partial charge in [0.15, 0.2) is 0 Å². The van der Waals surface area contributed by atoms with Crippen molar-refractivity contribution in [3.63, 3.8) is 0 Å². The van der Waals surface area contributed by atoms with Crippen molar-refractivity contribution < 1.29 is 23.9 Å². The number of likely N-dealkylation sites (tertiary alicyclic amines) is 1. The lowest BCUT2D eigenvalue weighted by Crippen LogP contribution is -2.54. The van der Waals surface area contributed by atoms with E-state index in [4.69, 9.17) is 15.0 Å². The molecule has 1 heterocycles. The second-order valence-corrected chi connectivity index (χ2v) is 13.2. The fraction of sp³-hybridized carbons (Fsp3) is 0.743. The summed E-state index contributed by atoms with van der Waals surface area (Å²) in [5.74, 6) is -0.534. The first-order valence-corrected chi connectivity index (χ1v) is 16.9. The Balaban J connectivity index is 2.22. The van der Waals surface area contributed by atoms with Crippen LogP contribution in [0.2, 0.25) is 0 Å². The first kappa shape index (κ1) is 39.0. The van der Waals surface area contributed by atoms with Crippen LogP contribution in [0.4, 0.5) is 0 Å². The van der Waals surface area contributed by atoms with Gasteiger partial charge >= 0.3 is 0 Å². The molecule has 0 bridgehead atoms. The molecule has 8 atom stereocenters. The maximum absolute atomic E-state index is 14.0. The van der Waals surface area contributed by atoms with Crippen LogP contribution >= 0.6 is 0 Å². The third-order valence-corrected chi connectivity index (χ3v) is 9.86. The molecule has 0 aromatic heterocycles. The zero-order valence-corrected chi connectivity index (χ0v) is 29.5. The van der Waals surface area contributed by atoms with E-state index in [1.165, 1.54) is 0 Å². The number of nitrogens with zero attached hydrogens (tertiary/aromatic N) is 5. The zero-order chi connectivity index (χ0) is 34.4. The van der Waals surface area contributed by atoms with Crippen LogP contribution in [0, 0.1) is 23.7 Å². The molecule has 1 N–H and O–H groups in total. The Morgan fingerprint density at radius 3 is 2.30 bits per heavy atom. The molecule has 46 heavy (non-hydrogen) atoms. The number of likely N-dealkylation sites (N-methyl/N-ethyl adjacent to an activating group) is 1. The lowest BCUT2D eigenvalue weighted by atomic mass is 9.87. The minimum absolute atomic E-state index is 0.0700. The number of carbonyl (C=O) groups is 3. The van der Waals surface area contributed by atoms with Crippen molar-refractivity contribution in [3.8, 4) is 0 Å². The fourth-order valence-electron chi connectivity index (χ4n) is 7.03. The van der Waals surface area contributed by atoms with Crippen molar-refractivity contribution in [2.45, 2.75) is 110 Å². The molecule has 2 rings (SSSR count). The Morgan fingerprint density at radius 2 is 1.76 bits per heavy atom. The molecule has 0 saturated carbocycles. The van der Waals surface area contributed by atoms with Gasteiger partial charge in [-0.05, 0) is 48.6 Å². The molecule has 11 heteroatoms. The van der Waals surface area contributed by atoms with Crippen LogP contribution in [0.5, 0.6) is 0 Å². The topological polar surface area (TPSA) is 137 Å². The number of methoxy groups -OCH3 is 2. The molecule has 258 valence electrons. The number of hydrogen-bond acceptors (Lipinski definition) is 6. The summed E-state index contributed by atoms with van der Waals surface area (Å²) in [7, 11) is 5.03. The van der Waals surface area contributed by atoms with Crippen LogP contribution in [-0.4, -0.2) is 92.2 Å². The highest BCUT2D eigenvalue weighted by Crippen LogP contribution is 2.30. The van der Waals surface area contributed by atoms with Crippen molar-refractivity contribution in [1.29, 1.82) is 0 Å². The molecule has 1 aliphatic rings. The minimum Gasteiger partial charge on any atom is -0.379 e. The van der Waals surface area contributed by atoms with E-state index >= 15 is 0 Å². The number of carbonyl (C=O) groups excluding carboxylic acids is 3. The van der Waals surface area contributed by atoms with Gasteiger partial charge in [0.25, 0.3) is 0 Å². The summed E-state index contributed by atoms with van der Waals surface area (Å²) < 4.78 is 11.9. The fourth-order valence-corrected chi connectivity index (χ4v) is 7.03. The van der Waals surface area contributed by atoms with E-state index in [-0.39, 0.29) is 66.6 Å². The highest BCUT2D eigenvalue weighted by molar-refractivity contribution is 5.81. The van der Waals surface area contributed by atoms with Gasteiger partial charge in [0.1, 0.15) is 0 Å². The Bertz CT molecular complexity index is 1140. The third-order valence-electron chi connectivity index (χ3n) is 9.86. The van der Waals surface area contributed by atoms with Crippen LogP contribution in [0.15, 0.2) is 35.4 Å². The van der Waals surface area contributed by atoms with E-state index in [0.717, 1.165) is 24.8 Å². The van der Waals surface area contributed by atoms with Crippen molar-refractivity contribution in [2.75, 3.05) is 34.4 Å². The van der Waals surface area contributed by atoms with Gasteiger partial charge in [-0.15, -0.1) is 0 Å². The molecule has 1 fully saturated rings. The normalized spacial score (nSPS) is 19.3. The number of benzene rings is 1. The summed E-state index contributed by atoms with van der Waals surface area (Å²) in [6.45, 7) is 12.9. The number of ether oxygens (including phenoxy) is 2. The predicted octanol–water partition coefficient (Wildman–Crippen LogP) is 5.63. The predicted molar refractivity (Wildman–Crippen MR) is 181 cm³/mol. The Hall–Kier alpha value is -3.14. The van der Waals surface area contributed by atoms with Gasteiger partial charge in [0.05, 0.1) is 36.6 Å². The second-order valence-electron chi connectivity index (χ2n) is 13.2. The summed E-state index contributed by atoms with van der Waals surface area (Å²) in [6.07, 6.45) is 2.74. The molecule has 0 radical (unpaired) electrons. The van der Waals surface area contributed by atoms with E-state index in [1.807, 2.05) is 61.0 Å². The van der Waals surface area contributed by atoms with Gasteiger partial charge in [0, 0.05) is 51.2 Å². The summed E-state index contributed by atoms with van der Waals surface area (Å²) in [5.41, 5.74) is 9.93. The van der Waals surface area contributed by atoms with Gasteiger partial charge < -0.3 is 24.6 Å². The summed E-state index contributed by atoms with van der Waals surface area (Å²) in [5, 5.41) is 6.78. The van der Waals surface area contributed by atoms with Crippen LogP contribution in [0.3, 0.4) is 0 Å². The molecule has 1 aromatic carbocycles. The van der Waals surface area contributed by atoms with E-state index < -0.39 is 18.1 Å². The maximum atomic E-state index is 14.0.